The van der Waals surface area contributed by atoms with Gasteiger partial charge < -0.3 is 25.6 Å². The number of nitrogens with one attached hydrogen (secondary N) is 1. The molecule has 3 N–H and O–H groups in total. The minimum Gasteiger partial charge on any atom is -0.494 e. The van der Waals surface area contributed by atoms with E-state index < -0.39 is 0 Å². The van der Waals surface area contributed by atoms with Gasteiger partial charge in [-0.1, -0.05) is 27.2 Å². The average Bonchev–Trinajstić information content (AvgIpc) is 3.31. The lowest BCUT2D eigenvalue weighted by Gasteiger charge is -2.25. The van der Waals surface area contributed by atoms with Crippen molar-refractivity contribution < 1.29 is 13.9 Å². The fourth-order valence-electron chi connectivity index (χ4n) is 4.55. The standard InChI is InChI=1S/C28H41FN4O2/c1-5-6-15-35-25-10-7-21(8-11-25)28(34)32(4)24-9-12-27(26(29)17-24)33-14-13-22(19-33)31-23(18-30)16-20(2)3/h7-12,17,20,22-23,31H,5-6,13-16,18-19,30H2,1-4H3. The van der Waals surface area contributed by atoms with Crippen molar-refractivity contribution in [1.29, 1.82) is 0 Å². The van der Waals surface area contributed by atoms with Gasteiger partial charge in [-0.15, -0.1) is 0 Å². The summed E-state index contributed by atoms with van der Waals surface area (Å²) in [6, 6.07) is 12.7. The maximum absolute atomic E-state index is 15.1. The molecule has 0 spiro atoms. The lowest BCUT2D eigenvalue weighted by atomic mass is 10.0. The van der Waals surface area contributed by atoms with E-state index >= 15 is 4.39 Å². The van der Waals surface area contributed by atoms with Gasteiger partial charge in [-0.05, 0) is 67.6 Å². The minimum atomic E-state index is -0.319. The van der Waals surface area contributed by atoms with E-state index in [9.17, 15) is 4.79 Å². The minimum absolute atomic E-state index is 0.194. The van der Waals surface area contributed by atoms with Crippen molar-refractivity contribution in [3.8, 4) is 5.75 Å². The van der Waals surface area contributed by atoms with Crippen LogP contribution in [0.15, 0.2) is 42.5 Å². The van der Waals surface area contributed by atoms with Crippen LogP contribution in [0.3, 0.4) is 0 Å². The number of anilines is 2. The number of halogens is 1. The Kier molecular flexibility index (Phi) is 9.93. The largest absolute Gasteiger partial charge is 0.494 e. The number of carbonyl (C=O) groups excluding carboxylic acids is 1. The van der Waals surface area contributed by atoms with E-state index in [4.69, 9.17) is 10.5 Å². The number of amides is 1. The molecule has 2 aromatic rings. The number of carbonyl (C=O) groups is 1. The van der Waals surface area contributed by atoms with Gasteiger partial charge in [0.2, 0.25) is 0 Å². The van der Waals surface area contributed by atoms with E-state index in [0.29, 0.717) is 42.0 Å². The highest BCUT2D eigenvalue weighted by Crippen LogP contribution is 2.28. The Morgan fingerprint density at radius 2 is 2.00 bits per heavy atom. The van der Waals surface area contributed by atoms with E-state index in [1.165, 1.54) is 11.0 Å². The molecule has 0 bridgehead atoms. The van der Waals surface area contributed by atoms with Crippen molar-refractivity contribution in [3.05, 3.63) is 53.8 Å². The number of hydrogen-bond donors (Lipinski definition) is 2. The Morgan fingerprint density at radius 3 is 2.63 bits per heavy atom. The van der Waals surface area contributed by atoms with E-state index in [1.807, 2.05) is 0 Å². The van der Waals surface area contributed by atoms with E-state index in [2.05, 4.69) is 31.0 Å². The smallest absolute Gasteiger partial charge is 0.258 e. The van der Waals surface area contributed by atoms with Gasteiger partial charge in [-0.3, -0.25) is 4.79 Å². The fourth-order valence-corrected chi connectivity index (χ4v) is 4.55. The van der Waals surface area contributed by atoms with E-state index in [1.54, 1.807) is 43.4 Å². The van der Waals surface area contributed by atoms with Crippen LogP contribution in [-0.2, 0) is 0 Å². The normalized spacial score (nSPS) is 16.5. The molecule has 35 heavy (non-hydrogen) atoms. The molecular formula is C28H41FN4O2. The molecule has 1 heterocycles. The predicted octanol–water partition coefficient (Wildman–Crippen LogP) is 4.82. The zero-order valence-corrected chi connectivity index (χ0v) is 21.6. The molecule has 2 atom stereocenters. The molecular weight excluding hydrogens is 443 g/mol. The van der Waals surface area contributed by atoms with Gasteiger partial charge in [0.25, 0.3) is 5.91 Å². The van der Waals surface area contributed by atoms with Crippen LogP contribution in [0, 0.1) is 11.7 Å². The van der Waals surface area contributed by atoms with Crippen molar-refractivity contribution >= 4 is 17.3 Å². The molecule has 0 saturated carbocycles. The third-order valence-corrected chi connectivity index (χ3v) is 6.53. The molecule has 1 aliphatic heterocycles. The summed E-state index contributed by atoms with van der Waals surface area (Å²) < 4.78 is 20.8. The molecule has 0 aliphatic carbocycles. The molecule has 0 radical (unpaired) electrons. The van der Waals surface area contributed by atoms with Crippen molar-refractivity contribution in [2.75, 3.05) is 43.1 Å². The molecule has 2 aromatic carbocycles. The maximum atomic E-state index is 15.1. The van der Waals surface area contributed by atoms with Gasteiger partial charge >= 0.3 is 0 Å². The molecule has 1 aliphatic rings. The topological polar surface area (TPSA) is 70.8 Å². The van der Waals surface area contributed by atoms with Crippen molar-refractivity contribution in [2.45, 2.75) is 58.5 Å². The first-order valence-corrected chi connectivity index (χ1v) is 12.8. The predicted molar refractivity (Wildman–Crippen MR) is 142 cm³/mol. The SMILES string of the molecule is CCCCOc1ccc(C(=O)N(C)c2ccc(N3CCC(NC(CN)CC(C)C)C3)c(F)c2)cc1. The van der Waals surface area contributed by atoms with Gasteiger partial charge in [0, 0.05) is 50.0 Å². The third-order valence-electron chi connectivity index (χ3n) is 6.53. The van der Waals surface area contributed by atoms with Gasteiger partial charge in [-0.2, -0.15) is 0 Å². The molecule has 2 unspecified atom stereocenters. The zero-order valence-electron chi connectivity index (χ0n) is 21.6. The van der Waals surface area contributed by atoms with Crippen LogP contribution in [0.25, 0.3) is 0 Å². The van der Waals surface area contributed by atoms with E-state index in [0.717, 1.165) is 44.5 Å². The average molecular weight is 485 g/mol. The summed E-state index contributed by atoms with van der Waals surface area (Å²) in [6.45, 7) is 9.30. The zero-order chi connectivity index (χ0) is 25.4. The molecule has 1 saturated heterocycles. The van der Waals surface area contributed by atoms with Crippen LogP contribution in [0.5, 0.6) is 5.75 Å². The van der Waals surface area contributed by atoms with Gasteiger partial charge in [0.15, 0.2) is 0 Å². The summed E-state index contributed by atoms with van der Waals surface area (Å²) in [5, 5.41) is 3.65. The summed E-state index contributed by atoms with van der Waals surface area (Å²) in [4.78, 5) is 16.5. The second kappa shape index (κ2) is 12.9. The lowest BCUT2D eigenvalue weighted by molar-refractivity contribution is 0.0993. The van der Waals surface area contributed by atoms with Crippen molar-refractivity contribution in [1.82, 2.24) is 5.32 Å². The highest BCUT2D eigenvalue weighted by molar-refractivity contribution is 6.05. The fraction of sp³-hybridized carbons (Fsp3) is 0.536. The molecule has 7 heteroatoms. The molecule has 0 aromatic heterocycles. The van der Waals surface area contributed by atoms with Gasteiger partial charge in [-0.25, -0.2) is 4.39 Å². The Hall–Kier alpha value is -2.64. The van der Waals surface area contributed by atoms with Crippen LogP contribution >= 0.6 is 0 Å². The number of ether oxygens (including phenoxy) is 1. The Bertz CT molecular complexity index is 950. The van der Waals surface area contributed by atoms with Crippen LogP contribution in [-0.4, -0.2) is 51.3 Å². The van der Waals surface area contributed by atoms with Crippen LogP contribution in [0.4, 0.5) is 15.8 Å². The number of nitrogens with zero attached hydrogens (tertiary/aromatic N) is 2. The Morgan fingerprint density at radius 1 is 1.26 bits per heavy atom. The highest BCUT2D eigenvalue weighted by atomic mass is 19.1. The molecule has 6 nitrogen and oxygen atoms in total. The van der Waals surface area contributed by atoms with Crippen molar-refractivity contribution in [2.24, 2.45) is 11.7 Å². The molecule has 1 amide bonds. The van der Waals surface area contributed by atoms with E-state index in [-0.39, 0.29) is 17.8 Å². The quantitative estimate of drug-likeness (QED) is 0.423. The number of rotatable bonds is 12. The van der Waals surface area contributed by atoms with Gasteiger partial charge in [0.05, 0.1) is 12.3 Å². The number of nitrogens with two attached hydrogens (primary N) is 1. The first-order chi connectivity index (χ1) is 16.8. The highest BCUT2D eigenvalue weighted by Gasteiger charge is 2.27. The monoisotopic (exact) mass is 484 g/mol. The summed E-state index contributed by atoms with van der Waals surface area (Å²) in [6.07, 6.45) is 4.04. The first kappa shape index (κ1) is 27.0. The van der Waals surface area contributed by atoms with Crippen LogP contribution in [0.2, 0.25) is 0 Å². The first-order valence-electron chi connectivity index (χ1n) is 12.8. The lowest BCUT2D eigenvalue weighted by Crippen LogP contribution is -2.44. The van der Waals surface area contributed by atoms with Crippen LogP contribution < -0.4 is 25.6 Å². The summed E-state index contributed by atoms with van der Waals surface area (Å²) in [5.74, 6) is 0.810. The van der Waals surface area contributed by atoms with Crippen LogP contribution in [0.1, 0.15) is 56.8 Å². The second-order valence-electron chi connectivity index (χ2n) is 9.89. The molecule has 192 valence electrons. The summed E-state index contributed by atoms with van der Waals surface area (Å²) in [5.41, 5.74) is 7.56. The maximum Gasteiger partial charge on any atom is 0.258 e. The van der Waals surface area contributed by atoms with Gasteiger partial charge in [0.1, 0.15) is 11.6 Å². The second-order valence-corrected chi connectivity index (χ2v) is 9.89. The van der Waals surface area contributed by atoms with Crippen molar-refractivity contribution in [3.63, 3.8) is 0 Å². The Balaban J connectivity index is 1.61. The number of benzene rings is 2. The number of unbranched alkanes of at least 4 members (excludes halogenated alkanes) is 1. The third kappa shape index (κ3) is 7.42. The molecule has 3 rings (SSSR count). The molecule has 1 fully saturated rings. The summed E-state index contributed by atoms with van der Waals surface area (Å²) in [7, 11) is 1.67. The number of hydrogen-bond acceptors (Lipinski definition) is 5. The summed E-state index contributed by atoms with van der Waals surface area (Å²) >= 11 is 0. The Labute approximate surface area is 209 Å².